The van der Waals surface area contributed by atoms with Crippen LogP contribution < -0.4 is 10.1 Å². The Morgan fingerprint density at radius 1 is 1.23 bits per heavy atom. The van der Waals surface area contributed by atoms with Crippen LogP contribution in [0, 0.1) is 5.92 Å². The van der Waals surface area contributed by atoms with Crippen molar-refractivity contribution in [3.63, 3.8) is 0 Å². The molecule has 1 saturated heterocycles. The first-order valence-electron chi connectivity index (χ1n) is 8.61. The van der Waals surface area contributed by atoms with Crippen LogP contribution in [0.2, 0.25) is 5.02 Å². The topological polar surface area (TPSA) is 58.6 Å². The fraction of sp³-hybridized carbons (Fsp3) is 0.300. The highest BCUT2D eigenvalue weighted by Crippen LogP contribution is 2.25. The minimum atomic E-state index is -0.364. The van der Waals surface area contributed by atoms with Crippen molar-refractivity contribution in [2.45, 2.75) is 19.9 Å². The van der Waals surface area contributed by atoms with Crippen LogP contribution in [0.15, 0.2) is 48.5 Å². The van der Waals surface area contributed by atoms with Crippen molar-refractivity contribution in [2.75, 3.05) is 18.5 Å². The van der Waals surface area contributed by atoms with Gasteiger partial charge in [-0.15, -0.1) is 0 Å². The van der Waals surface area contributed by atoms with E-state index < -0.39 is 0 Å². The quantitative estimate of drug-likeness (QED) is 0.840. The van der Waals surface area contributed by atoms with Crippen LogP contribution in [0.1, 0.15) is 18.9 Å². The molecule has 3 rings (SSSR count). The largest absolute Gasteiger partial charge is 0.494 e. The number of ether oxygens (including phenoxy) is 1. The van der Waals surface area contributed by atoms with E-state index in [1.54, 1.807) is 23.1 Å². The lowest BCUT2D eigenvalue weighted by molar-refractivity contribution is -0.128. The summed E-state index contributed by atoms with van der Waals surface area (Å²) in [6.07, 6.45) is 0.216. The molecule has 1 aliphatic heterocycles. The van der Waals surface area contributed by atoms with Crippen LogP contribution in [0.3, 0.4) is 0 Å². The van der Waals surface area contributed by atoms with Gasteiger partial charge in [-0.1, -0.05) is 29.8 Å². The second-order valence-electron chi connectivity index (χ2n) is 6.21. The molecule has 1 aliphatic rings. The van der Waals surface area contributed by atoms with Gasteiger partial charge in [0, 0.05) is 30.2 Å². The summed E-state index contributed by atoms with van der Waals surface area (Å²) in [5.74, 6) is 0.213. The lowest BCUT2D eigenvalue weighted by atomic mass is 10.1. The number of carbonyl (C=O) groups excluding carboxylic acids is 2. The van der Waals surface area contributed by atoms with Gasteiger partial charge in [0.05, 0.1) is 12.5 Å². The van der Waals surface area contributed by atoms with Gasteiger partial charge in [-0.2, -0.15) is 0 Å². The van der Waals surface area contributed by atoms with Gasteiger partial charge in [0.2, 0.25) is 11.8 Å². The second-order valence-corrected chi connectivity index (χ2v) is 6.62. The minimum absolute atomic E-state index is 0.0308. The summed E-state index contributed by atoms with van der Waals surface area (Å²) in [6.45, 7) is 3.33. The Kier molecular flexibility index (Phi) is 5.78. The third kappa shape index (κ3) is 4.35. The predicted octanol–water partition coefficient (Wildman–Crippen LogP) is 3.73. The van der Waals surface area contributed by atoms with Gasteiger partial charge in [0.1, 0.15) is 5.75 Å². The van der Waals surface area contributed by atoms with E-state index >= 15 is 0 Å². The SMILES string of the molecule is CCOc1ccc(NC(=O)[C@@H]2CC(=O)N(Cc3ccccc3Cl)C2)cc1. The Bertz CT molecular complexity index is 792. The van der Waals surface area contributed by atoms with Crippen molar-refractivity contribution in [1.29, 1.82) is 0 Å². The number of likely N-dealkylation sites (tertiary alicyclic amines) is 1. The number of anilines is 1. The highest BCUT2D eigenvalue weighted by Gasteiger charge is 2.34. The summed E-state index contributed by atoms with van der Waals surface area (Å²) in [7, 11) is 0. The molecule has 136 valence electrons. The summed E-state index contributed by atoms with van der Waals surface area (Å²) in [5.41, 5.74) is 1.57. The number of rotatable bonds is 6. The Morgan fingerprint density at radius 2 is 1.96 bits per heavy atom. The van der Waals surface area contributed by atoms with E-state index in [1.165, 1.54) is 0 Å². The molecule has 1 atom stereocenters. The van der Waals surface area contributed by atoms with Gasteiger partial charge in [0.15, 0.2) is 0 Å². The Balaban J connectivity index is 1.59. The van der Waals surface area contributed by atoms with E-state index in [0.717, 1.165) is 11.3 Å². The maximum Gasteiger partial charge on any atom is 0.229 e. The zero-order valence-electron chi connectivity index (χ0n) is 14.6. The van der Waals surface area contributed by atoms with Gasteiger partial charge in [-0.25, -0.2) is 0 Å². The molecular formula is C20H21ClN2O3. The number of benzene rings is 2. The number of carbonyl (C=O) groups is 2. The van der Waals surface area contributed by atoms with Crippen LogP contribution >= 0.6 is 11.6 Å². The lowest BCUT2D eigenvalue weighted by Crippen LogP contribution is -2.28. The van der Waals surface area contributed by atoms with Crippen LogP contribution in [-0.4, -0.2) is 29.9 Å². The van der Waals surface area contributed by atoms with E-state index in [4.69, 9.17) is 16.3 Å². The Hall–Kier alpha value is -2.53. The third-order valence-electron chi connectivity index (χ3n) is 4.34. The van der Waals surface area contributed by atoms with Crippen molar-refractivity contribution in [3.8, 4) is 5.75 Å². The predicted molar refractivity (Wildman–Crippen MR) is 101 cm³/mol. The number of nitrogens with one attached hydrogen (secondary N) is 1. The molecule has 0 bridgehead atoms. The van der Waals surface area contributed by atoms with Gasteiger partial charge in [0.25, 0.3) is 0 Å². The first kappa shape index (κ1) is 18.3. The van der Waals surface area contributed by atoms with Crippen LogP contribution in [-0.2, 0) is 16.1 Å². The monoisotopic (exact) mass is 372 g/mol. The molecular weight excluding hydrogens is 352 g/mol. The van der Waals surface area contributed by atoms with Crippen molar-refractivity contribution in [3.05, 3.63) is 59.1 Å². The molecule has 0 spiro atoms. The highest BCUT2D eigenvalue weighted by atomic mass is 35.5. The third-order valence-corrected chi connectivity index (χ3v) is 4.71. The van der Waals surface area contributed by atoms with Crippen molar-refractivity contribution in [2.24, 2.45) is 5.92 Å². The molecule has 0 radical (unpaired) electrons. The molecule has 2 amide bonds. The smallest absolute Gasteiger partial charge is 0.229 e. The number of hydrogen-bond acceptors (Lipinski definition) is 3. The summed E-state index contributed by atoms with van der Waals surface area (Å²) < 4.78 is 5.39. The highest BCUT2D eigenvalue weighted by molar-refractivity contribution is 6.31. The molecule has 2 aromatic carbocycles. The number of nitrogens with zero attached hydrogens (tertiary/aromatic N) is 1. The van der Waals surface area contributed by atoms with Crippen molar-refractivity contribution < 1.29 is 14.3 Å². The van der Waals surface area contributed by atoms with Crippen molar-refractivity contribution in [1.82, 2.24) is 4.90 Å². The van der Waals surface area contributed by atoms with Crippen molar-refractivity contribution >= 4 is 29.1 Å². The van der Waals surface area contributed by atoms with Crippen LogP contribution in [0.25, 0.3) is 0 Å². The summed E-state index contributed by atoms with van der Waals surface area (Å²) in [5, 5.41) is 3.50. The van der Waals surface area contributed by atoms with Gasteiger partial charge in [-0.05, 0) is 42.8 Å². The molecule has 0 saturated carbocycles. The summed E-state index contributed by atoms with van der Waals surface area (Å²) in [6, 6.07) is 14.6. The Morgan fingerprint density at radius 3 is 2.65 bits per heavy atom. The molecule has 1 fully saturated rings. The van der Waals surface area contributed by atoms with Gasteiger partial charge in [-0.3, -0.25) is 9.59 Å². The lowest BCUT2D eigenvalue weighted by Gasteiger charge is -2.17. The fourth-order valence-electron chi connectivity index (χ4n) is 2.98. The first-order valence-corrected chi connectivity index (χ1v) is 8.99. The van der Waals surface area contributed by atoms with Crippen LogP contribution in [0.4, 0.5) is 5.69 Å². The van der Waals surface area contributed by atoms with Gasteiger partial charge >= 0.3 is 0 Å². The second kappa shape index (κ2) is 8.23. The first-order chi connectivity index (χ1) is 12.6. The molecule has 26 heavy (non-hydrogen) atoms. The van der Waals surface area contributed by atoms with E-state index in [9.17, 15) is 9.59 Å². The zero-order valence-corrected chi connectivity index (χ0v) is 15.3. The van der Waals surface area contributed by atoms with Gasteiger partial charge < -0.3 is 15.0 Å². The summed E-state index contributed by atoms with van der Waals surface area (Å²) >= 11 is 6.16. The van der Waals surface area contributed by atoms with E-state index in [0.29, 0.717) is 30.4 Å². The number of halogens is 1. The Labute approximate surface area is 157 Å². The molecule has 0 unspecified atom stereocenters. The van der Waals surface area contributed by atoms with Crippen LogP contribution in [0.5, 0.6) is 5.75 Å². The maximum atomic E-state index is 12.5. The minimum Gasteiger partial charge on any atom is -0.494 e. The molecule has 1 N–H and O–H groups in total. The van der Waals surface area contributed by atoms with E-state index in [-0.39, 0.29) is 24.2 Å². The molecule has 0 aromatic heterocycles. The fourth-order valence-corrected chi connectivity index (χ4v) is 3.17. The van der Waals surface area contributed by atoms with E-state index in [1.807, 2.05) is 37.3 Å². The number of hydrogen-bond donors (Lipinski definition) is 1. The molecule has 1 heterocycles. The summed E-state index contributed by atoms with van der Waals surface area (Å²) in [4.78, 5) is 26.4. The normalized spacial score (nSPS) is 16.6. The zero-order chi connectivity index (χ0) is 18.5. The molecule has 6 heteroatoms. The standard InChI is InChI=1S/C20H21ClN2O3/c1-2-26-17-9-7-16(8-10-17)22-20(25)15-11-19(24)23(13-15)12-14-5-3-4-6-18(14)21/h3-10,15H,2,11-13H2,1H3,(H,22,25)/t15-/m1/s1. The maximum absolute atomic E-state index is 12.5. The average molecular weight is 373 g/mol. The molecule has 2 aromatic rings. The molecule has 0 aliphatic carbocycles. The van der Waals surface area contributed by atoms with E-state index in [2.05, 4.69) is 5.32 Å². The average Bonchev–Trinajstić information content (AvgIpc) is 3.00. The molecule has 5 nitrogen and oxygen atoms in total. The number of amides is 2.